The van der Waals surface area contributed by atoms with Crippen LogP contribution in [-0.4, -0.2) is 43.0 Å². The number of carboxylic acid groups (broad SMARTS) is 1. The van der Waals surface area contributed by atoms with Crippen molar-refractivity contribution in [1.82, 2.24) is 24.6 Å². The Labute approximate surface area is 190 Å². The Bertz CT molecular complexity index is 1160. The number of benzene rings is 1. The summed E-state index contributed by atoms with van der Waals surface area (Å²) in [5, 5.41) is 19.1. The molecule has 0 radical (unpaired) electrons. The van der Waals surface area contributed by atoms with Gasteiger partial charge in [0.25, 0.3) is 0 Å². The first-order chi connectivity index (χ1) is 15.5. The van der Waals surface area contributed by atoms with Crippen LogP contribution in [-0.2, 0) is 13.1 Å². The number of nitrogens with zero attached hydrogens (tertiary/aromatic N) is 5. The minimum atomic E-state index is -0.986. The Morgan fingerprint density at radius 1 is 1.09 bits per heavy atom. The fourth-order valence-electron chi connectivity index (χ4n) is 4.85. The number of hydrogen-bond acceptors (Lipinski definition) is 5. The van der Waals surface area contributed by atoms with Crippen LogP contribution in [0.3, 0.4) is 0 Å². The molecule has 1 fully saturated rings. The maximum Gasteiger partial charge on any atom is 0.408 e. The van der Waals surface area contributed by atoms with Gasteiger partial charge in [-0.1, -0.05) is 17.7 Å². The summed E-state index contributed by atoms with van der Waals surface area (Å²) in [7, 11) is 1.64. The lowest BCUT2D eigenvalue weighted by Crippen LogP contribution is -2.27. The molecule has 1 N–H and O–H groups in total. The smallest absolute Gasteiger partial charge is 0.408 e. The molecule has 5 rings (SSSR count). The van der Waals surface area contributed by atoms with Crippen LogP contribution >= 0.6 is 11.6 Å². The highest BCUT2D eigenvalue weighted by molar-refractivity contribution is 6.30. The second-order valence-corrected chi connectivity index (χ2v) is 8.81. The van der Waals surface area contributed by atoms with Crippen molar-refractivity contribution in [1.29, 1.82) is 0 Å². The molecule has 1 aliphatic heterocycles. The molecule has 8 nitrogen and oxygen atoms in total. The van der Waals surface area contributed by atoms with E-state index in [1.807, 2.05) is 34.9 Å². The van der Waals surface area contributed by atoms with Gasteiger partial charge in [0.1, 0.15) is 5.82 Å². The third kappa shape index (κ3) is 3.79. The fraction of sp³-hybridized carbons (Fsp3) is 0.391. The van der Waals surface area contributed by atoms with E-state index in [0.29, 0.717) is 22.6 Å². The summed E-state index contributed by atoms with van der Waals surface area (Å²) in [6.07, 6.45) is 2.95. The normalized spacial score (nSPS) is 20.2. The molecule has 166 valence electrons. The van der Waals surface area contributed by atoms with Crippen LogP contribution in [0.4, 0.5) is 4.79 Å². The van der Waals surface area contributed by atoms with Gasteiger partial charge in [-0.05, 0) is 55.5 Å². The van der Waals surface area contributed by atoms with Crippen molar-refractivity contribution >= 4 is 17.7 Å². The molecule has 2 aliphatic rings. The number of ether oxygens (including phenoxy) is 1. The number of fused-ring (bicyclic) bond motifs is 3. The van der Waals surface area contributed by atoms with Crippen LogP contribution in [0.2, 0.25) is 5.02 Å². The van der Waals surface area contributed by atoms with E-state index < -0.39 is 6.09 Å². The van der Waals surface area contributed by atoms with Crippen LogP contribution in [0, 0.1) is 0 Å². The number of amides is 1. The van der Waals surface area contributed by atoms with Crippen molar-refractivity contribution in [3.8, 4) is 11.6 Å². The molecule has 1 saturated carbocycles. The summed E-state index contributed by atoms with van der Waals surface area (Å²) >= 11 is 6.22. The maximum absolute atomic E-state index is 11.8. The second-order valence-electron chi connectivity index (χ2n) is 8.37. The lowest BCUT2D eigenvalue weighted by Gasteiger charge is -2.28. The summed E-state index contributed by atoms with van der Waals surface area (Å²) < 4.78 is 7.32. The van der Waals surface area contributed by atoms with E-state index in [9.17, 15) is 9.90 Å². The molecule has 3 heterocycles. The zero-order valence-electron chi connectivity index (χ0n) is 17.7. The first kappa shape index (κ1) is 20.8. The summed E-state index contributed by atoms with van der Waals surface area (Å²) in [4.78, 5) is 17.7. The van der Waals surface area contributed by atoms with Crippen molar-refractivity contribution in [2.75, 3.05) is 7.11 Å². The number of methoxy groups -OCH3 is 1. The number of aromatic nitrogens is 4. The predicted octanol–water partition coefficient (Wildman–Crippen LogP) is 4.76. The zero-order chi connectivity index (χ0) is 22.2. The van der Waals surface area contributed by atoms with Crippen LogP contribution < -0.4 is 4.74 Å². The Morgan fingerprint density at radius 2 is 1.88 bits per heavy atom. The average Bonchev–Trinajstić information content (AvgIpc) is 3.14. The number of pyridine rings is 1. The minimum absolute atomic E-state index is 0.192. The van der Waals surface area contributed by atoms with Crippen molar-refractivity contribution < 1.29 is 14.6 Å². The van der Waals surface area contributed by atoms with Gasteiger partial charge in [0.2, 0.25) is 5.88 Å². The molecule has 0 unspecified atom stereocenters. The average molecular weight is 454 g/mol. The Balaban J connectivity index is 1.44. The highest BCUT2D eigenvalue weighted by atomic mass is 35.5. The number of carbonyl (C=O) groups is 1. The second kappa shape index (κ2) is 8.43. The van der Waals surface area contributed by atoms with E-state index in [4.69, 9.17) is 16.3 Å². The topological polar surface area (TPSA) is 93.4 Å². The first-order valence-corrected chi connectivity index (χ1v) is 11.1. The monoisotopic (exact) mass is 453 g/mol. The van der Waals surface area contributed by atoms with Crippen molar-refractivity contribution in [2.45, 2.75) is 50.6 Å². The van der Waals surface area contributed by atoms with Gasteiger partial charge in [-0.3, -0.25) is 9.47 Å². The van der Waals surface area contributed by atoms with Gasteiger partial charge in [-0.25, -0.2) is 9.78 Å². The van der Waals surface area contributed by atoms with E-state index in [0.717, 1.165) is 48.5 Å². The highest BCUT2D eigenvalue weighted by Crippen LogP contribution is 2.41. The van der Waals surface area contributed by atoms with E-state index >= 15 is 0 Å². The highest BCUT2D eigenvalue weighted by Gasteiger charge is 2.32. The molecule has 1 amide bonds. The molecule has 1 aliphatic carbocycles. The lowest BCUT2D eigenvalue weighted by atomic mass is 9.80. The SMILES string of the molecule is COc1cccc([C@H]2CC[C@H](c3nnc4n3-c3ccc(Cl)cc3CN(C(=O)O)C4)CC2)n1. The third-order valence-corrected chi connectivity index (χ3v) is 6.70. The molecular formula is C23H24ClN5O3. The van der Waals surface area contributed by atoms with Gasteiger partial charge in [0.15, 0.2) is 5.82 Å². The van der Waals surface area contributed by atoms with Crippen LogP contribution in [0.25, 0.3) is 5.69 Å². The molecular weight excluding hydrogens is 430 g/mol. The standard InChI is InChI=1S/C23H24ClN5O3/c1-32-21-4-2-3-18(25-21)14-5-7-15(8-6-14)22-27-26-20-13-28(23(30)31)12-16-11-17(24)9-10-19(16)29(20)22/h2-4,9-11,14-15H,5-8,12-13H2,1H3,(H,30,31)/t14-,15-. The minimum Gasteiger partial charge on any atom is -0.481 e. The molecule has 0 atom stereocenters. The molecule has 32 heavy (non-hydrogen) atoms. The van der Waals surface area contributed by atoms with Gasteiger partial charge < -0.3 is 9.84 Å². The van der Waals surface area contributed by atoms with E-state index in [-0.39, 0.29) is 19.0 Å². The Hall–Kier alpha value is -3.13. The van der Waals surface area contributed by atoms with E-state index in [2.05, 4.69) is 21.2 Å². The van der Waals surface area contributed by atoms with Gasteiger partial charge in [-0.2, -0.15) is 0 Å². The van der Waals surface area contributed by atoms with E-state index in [1.165, 1.54) is 4.90 Å². The zero-order valence-corrected chi connectivity index (χ0v) is 18.5. The summed E-state index contributed by atoms with van der Waals surface area (Å²) in [6.45, 7) is 0.458. The Kier molecular flexibility index (Phi) is 5.46. The van der Waals surface area contributed by atoms with Crippen LogP contribution in [0.15, 0.2) is 36.4 Å². The summed E-state index contributed by atoms with van der Waals surface area (Å²) in [5.74, 6) is 2.82. The summed E-state index contributed by atoms with van der Waals surface area (Å²) in [6, 6.07) is 11.5. The first-order valence-electron chi connectivity index (χ1n) is 10.7. The largest absolute Gasteiger partial charge is 0.481 e. The number of halogens is 1. The summed E-state index contributed by atoms with van der Waals surface area (Å²) in [5.41, 5.74) is 2.83. The van der Waals surface area contributed by atoms with Gasteiger partial charge >= 0.3 is 6.09 Å². The fourth-order valence-corrected chi connectivity index (χ4v) is 5.04. The van der Waals surface area contributed by atoms with Crippen molar-refractivity contribution in [3.05, 3.63) is 64.3 Å². The maximum atomic E-state index is 11.8. The van der Waals surface area contributed by atoms with Gasteiger partial charge in [-0.15, -0.1) is 10.2 Å². The van der Waals surface area contributed by atoms with Crippen LogP contribution in [0.5, 0.6) is 5.88 Å². The lowest BCUT2D eigenvalue weighted by molar-refractivity contribution is 0.139. The van der Waals surface area contributed by atoms with Crippen LogP contribution in [0.1, 0.15) is 60.4 Å². The molecule has 9 heteroatoms. The molecule has 2 aromatic heterocycles. The molecule has 0 bridgehead atoms. The molecule has 3 aromatic rings. The van der Waals surface area contributed by atoms with E-state index in [1.54, 1.807) is 7.11 Å². The molecule has 0 saturated heterocycles. The predicted molar refractivity (Wildman–Crippen MR) is 118 cm³/mol. The van der Waals surface area contributed by atoms with Gasteiger partial charge in [0, 0.05) is 28.6 Å². The number of rotatable bonds is 3. The quantitative estimate of drug-likeness (QED) is 0.614. The number of hydrogen-bond donors (Lipinski definition) is 1. The van der Waals surface area contributed by atoms with Crippen molar-refractivity contribution in [3.63, 3.8) is 0 Å². The molecule has 0 spiro atoms. The molecule has 1 aromatic carbocycles. The Morgan fingerprint density at radius 3 is 2.62 bits per heavy atom. The van der Waals surface area contributed by atoms with Crippen molar-refractivity contribution in [2.24, 2.45) is 0 Å². The third-order valence-electron chi connectivity index (χ3n) is 6.47. The van der Waals surface area contributed by atoms with Gasteiger partial charge in [0.05, 0.1) is 25.9 Å².